The topological polar surface area (TPSA) is 15.3 Å². The first kappa shape index (κ1) is 16.5. The maximum absolute atomic E-state index is 3.58. The molecule has 1 aliphatic rings. The van der Waals surface area contributed by atoms with Gasteiger partial charge < -0.3 is 10.2 Å². The minimum Gasteiger partial charge on any atom is -0.316 e. The first-order valence-electron chi connectivity index (χ1n) is 8.66. The highest BCUT2D eigenvalue weighted by Gasteiger charge is 2.30. The zero-order valence-corrected chi connectivity index (χ0v) is 14.1. The summed E-state index contributed by atoms with van der Waals surface area (Å²) < 4.78 is 0. The summed E-state index contributed by atoms with van der Waals surface area (Å²) in [5.74, 6) is 0.901. The molecule has 0 radical (unpaired) electrons. The van der Waals surface area contributed by atoms with Gasteiger partial charge in [-0.25, -0.2) is 0 Å². The van der Waals surface area contributed by atoms with Gasteiger partial charge in [0.05, 0.1) is 0 Å². The zero-order chi connectivity index (χ0) is 15.1. The Hall–Kier alpha value is -0.860. The van der Waals surface area contributed by atoms with Crippen LogP contribution in [0.5, 0.6) is 0 Å². The summed E-state index contributed by atoms with van der Waals surface area (Å²) in [6, 6.07) is 11.0. The Kier molecular flexibility index (Phi) is 6.25. The maximum atomic E-state index is 3.58. The van der Waals surface area contributed by atoms with Crippen molar-refractivity contribution in [2.24, 2.45) is 5.92 Å². The molecule has 1 fully saturated rings. The molecule has 2 rings (SSSR count). The van der Waals surface area contributed by atoms with E-state index in [4.69, 9.17) is 0 Å². The molecular formula is C19H32N2. The summed E-state index contributed by atoms with van der Waals surface area (Å²) in [6.45, 7) is 12.8. The molecule has 1 saturated heterocycles. The van der Waals surface area contributed by atoms with E-state index >= 15 is 0 Å². The number of piperidine rings is 1. The summed E-state index contributed by atoms with van der Waals surface area (Å²) in [7, 11) is 0. The second-order valence-electron chi connectivity index (χ2n) is 6.86. The maximum Gasteiger partial charge on any atom is 0.0177 e. The Labute approximate surface area is 130 Å². The number of hydrogen-bond acceptors (Lipinski definition) is 2. The largest absolute Gasteiger partial charge is 0.316 e. The Morgan fingerprint density at radius 2 is 2.00 bits per heavy atom. The van der Waals surface area contributed by atoms with Gasteiger partial charge >= 0.3 is 0 Å². The second-order valence-corrected chi connectivity index (χ2v) is 6.86. The van der Waals surface area contributed by atoms with E-state index in [-0.39, 0.29) is 5.41 Å². The van der Waals surface area contributed by atoms with Gasteiger partial charge in [0.1, 0.15) is 0 Å². The summed E-state index contributed by atoms with van der Waals surface area (Å²) >= 11 is 0. The SMILES string of the molecule is CCNCC(C)(CN1CCCC(CC)C1)c1ccccc1. The quantitative estimate of drug-likeness (QED) is 0.823. The molecule has 0 amide bonds. The third-order valence-electron chi connectivity index (χ3n) is 4.99. The monoisotopic (exact) mass is 288 g/mol. The van der Waals surface area contributed by atoms with E-state index in [0.29, 0.717) is 0 Å². The molecule has 0 spiro atoms. The zero-order valence-electron chi connectivity index (χ0n) is 14.1. The van der Waals surface area contributed by atoms with E-state index in [1.165, 1.54) is 44.5 Å². The van der Waals surface area contributed by atoms with Crippen molar-refractivity contribution in [3.8, 4) is 0 Å². The van der Waals surface area contributed by atoms with Crippen LogP contribution in [0.4, 0.5) is 0 Å². The molecule has 1 aromatic carbocycles. The van der Waals surface area contributed by atoms with E-state index in [1.807, 2.05) is 0 Å². The summed E-state index contributed by atoms with van der Waals surface area (Å²) in [6.07, 6.45) is 4.11. The molecule has 1 heterocycles. The minimum atomic E-state index is 0.201. The van der Waals surface area contributed by atoms with Crippen LogP contribution in [-0.2, 0) is 5.41 Å². The molecule has 2 atom stereocenters. The molecule has 2 unspecified atom stereocenters. The summed E-state index contributed by atoms with van der Waals surface area (Å²) in [5, 5.41) is 3.58. The lowest BCUT2D eigenvalue weighted by molar-refractivity contribution is 0.139. The predicted molar refractivity (Wildman–Crippen MR) is 91.8 cm³/mol. The van der Waals surface area contributed by atoms with Gasteiger partial charge in [0, 0.05) is 25.0 Å². The highest BCUT2D eigenvalue weighted by molar-refractivity contribution is 5.25. The standard InChI is InChI=1S/C19H32N2/c1-4-17-10-9-13-21(14-17)16-19(3,15-20-5-2)18-11-7-6-8-12-18/h6-8,11-12,17,20H,4-5,9-10,13-16H2,1-3H3. The fraction of sp³-hybridized carbons (Fsp3) is 0.684. The van der Waals surface area contributed by atoms with Crippen molar-refractivity contribution in [1.82, 2.24) is 10.2 Å². The van der Waals surface area contributed by atoms with Crippen molar-refractivity contribution in [2.75, 3.05) is 32.7 Å². The van der Waals surface area contributed by atoms with Crippen LogP contribution < -0.4 is 5.32 Å². The second kappa shape index (κ2) is 7.95. The van der Waals surface area contributed by atoms with E-state index in [0.717, 1.165) is 19.0 Å². The first-order valence-corrected chi connectivity index (χ1v) is 8.66. The fourth-order valence-electron chi connectivity index (χ4n) is 3.61. The van der Waals surface area contributed by atoms with Crippen molar-refractivity contribution in [3.63, 3.8) is 0 Å². The molecule has 21 heavy (non-hydrogen) atoms. The molecule has 2 nitrogen and oxygen atoms in total. The van der Waals surface area contributed by atoms with Gasteiger partial charge in [0.25, 0.3) is 0 Å². The Balaban J connectivity index is 2.09. The minimum absolute atomic E-state index is 0.201. The van der Waals surface area contributed by atoms with E-state index < -0.39 is 0 Å². The van der Waals surface area contributed by atoms with Crippen molar-refractivity contribution >= 4 is 0 Å². The first-order chi connectivity index (χ1) is 10.2. The Morgan fingerprint density at radius 3 is 2.67 bits per heavy atom. The lowest BCUT2D eigenvalue weighted by Crippen LogP contribution is -2.48. The van der Waals surface area contributed by atoms with E-state index in [2.05, 4.69) is 61.3 Å². The van der Waals surface area contributed by atoms with Crippen LogP contribution in [0, 0.1) is 5.92 Å². The van der Waals surface area contributed by atoms with Crippen LogP contribution >= 0.6 is 0 Å². The number of benzene rings is 1. The molecule has 0 aromatic heterocycles. The van der Waals surface area contributed by atoms with Crippen molar-refractivity contribution in [2.45, 2.75) is 45.4 Å². The smallest absolute Gasteiger partial charge is 0.0177 e. The lowest BCUT2D eigenvalue weighted by Gasteiger charge is -2.40. The van der Waals surface area contributed by atoms with Gasteiger partial charge in [-0.2, -0.15) is 0 Å². The van der Waals surface area contributed by atoms with Crippen LogP contribution in [0.25, 0.3) is 0 Å². The molecular weight excluding hydrogens is 256 g/mol. The number of nitrogens with one attached hydrogen (secondary N) is 1. The van der Waals surface area contributed by atoms with Gasteiger partial charge in [-0.1, -0.05) is 57.5 Å². The Morgan fingerprint density at radius 1 is 1.24 bits per heavy atom. The molecule has 1 N–H and O–H groups in total. The molecule has 1 aliphatic heterocycles. The number of nitrogens with zero attached hydrogens (tertiary/aromatic N) is 1. The van der Waals surface area contributed by atoms with Gasteiger partial charge in [0.15, 0.2) is 0 Å². The van der Waals surface area contributed by atoms with Crippen LogP contribution in [0.1, 0.15) is 45.6 Å². The highest BCUT2D eigenvalue weighted by atomic mass is 15.1. The number of rotatable bonds is 7. The van der Waals surface area contributed by atoms with Gasteiger partial charge in [-0.3, -0.25) is 0 Å². The lowest BCUT2D eigenvalue weighted by atomic mass is 9.80. The Bertz CT molecular complexity index is 403. The third-order valence-corrected chi connectivity index (χ3v) is 4.99. The average molecular weight is 288 g/mol. The average Bonchev–Trinajstić information content (AvgIpc) is 2.54. The van der Waals surface area contributed by atoms with Crippen molar-refractivity contribution in [3.05, 3.63) is 35.9 Å². The van der Waals surface area contributed by atoms with Crippen LogP contribution in [0.2, 0.25) is 0 Å². The number of hydrogen-bond donors (Lipinski definition) is 1. The van der Waals surface area contributed by atoms with E-state index in [9.17, 15) is 0 Å². The normalized spacial score (nSPS) is 22.9. The molecule has 1 aromatic rings. The summed E-state index contributed by atoms with van der Waals surface area (Å²) in [4.78, 5) is 2.70. The third kappa shape index (κ3) is 4.55. The molecule has 0 aliphatic carbocycles. The fourth-order valence-corrected chi connectivity index (χ4v) is 3.61. The molecule has 0 saturated carbocycles. The molecule has 0 bridgehead atoms. The van der Waals surface area contributed by atoms with Crippen LogP contribution in [0.15, 0.2) is 30.3 Å². The summed E-state index contributed by atoms with van der Waals surface area (Å²) in [5.41, 5.74) is 1.66. The predicted octanol–water partition coefficient (Wildman–Crippen LogP) is 3.68. The van der Waals surface area contributed by atoms with E-state index in [1.54, 1.807) is 0 Å². The molecule has 118 valence electrons. The van der Waals surface area contributed by atoms with Crippen molar-refractivity contribution in [1.29, 1.82) is 0 Å². The number of likely N-dealkylation sites (N-methyl/N-ethyl adjacent to an activating group) is 1. The highest BCUT2D eigenvalue weighted by Crippen LogP contribution is 2.27. The van der Waals surface area contributed by atoms with Crippen molar-refractivity contribution < 1.29 is 0 Å². The number of likely N-dealkylation sites (tertiary alicyclic amines) is 1. The van der Waals surface area contributed by atoms with Crippen LogP contribution in [-0.4, -0.2) is 37.6 Å². The molecule has 2 heteroatoms. The van der Waals surface area contributed by atoms with Crippen LogP contribution in [0.3, 0.4) is 0 Å². The van der Waals surface area contributed by atoms with Gasteiger partial charge in [-0.05, 0) is 37.4 Å². The van der Waals surface area contributed by atoms with Gasteiger partial charge in [-0.15, -0.1) is 0 Å². The van der Waals surface area contributed by atoms with Gasteiger partial charge in [0.2, 0.25) is 0 Å².